The van der Waals surface area contributed by atoms with E-state index in [9.17, 15) is 9.59 Å². The summed E-state index contributed by atoms with van der Waals surface area (Å²) in [6.07, 6.45) is 8.15. The van der Waals surface area contributed by atoms with Gasteiger partial charge in [-0.1, -0.05) is 32.6 Å². The molecule has 6 nitrogen and oxygen atoms in total. The molecule has 1 heterocycles. The molecule has 0 spiro atoms. The molecule has 136 valence electrons. The fourth-order valence-corrected chi connectivity index (χ4v) is 3.66. The van der Waals surface area contributed by atoms with Crippen LogP contribution in [-0.4, -0.2) is 49.2 Å². The van der Waals surface area contributed by atoms with E-state index in [4.69, 9.17) is 4.74 Å². The molecule has 2 amide bonds. The molecule has 1 saturated carbocycles. The Balaban J connectivity index is 2.19. The van der Waals surface area contributed by atoms with Crippen molar-refractivity contribution in [1.82, 2.24) is 15.5 Å². The van der Waals surface area contributed by atoms with E-state index in [0.29, 0.717) is 36.9 Å². The number of carbonyl (C=O) groups excluding carboxylic acids is 2. The monoisotopic (exact) mass is 337 g/mol. The molecule has 0 aromatic rings. The molecule has 0 bridgehead atoms. The lowest BCUT2D eigenvalue weighted by molar-refractivity contribution is -0.139. The summed E-state index contributed by atoms with van der Waals surface area (Å²) < 4.78 is 5.22. The quantitative estimate of drug-likeness (QED) is 0.577. The van der Waals surface area contributed by atoms with Gasteiger partial charge >= 0.3 is 12.0 Å². The van der Waals surface area contributed by atoms with Crippen LogP contribution in [0.15, 0.2) is 11.3 Å². The van der Waals surface area contributed by atoms with Gasteiger partial charge in [0, 0.05) is 18.3 Å². The Hall–Kier alpha value is -1.56. The van der Waals surface area contributed by atoms with Crippen molar-refractivity contribution in [3.05, 3.63) is 11.3 Å². The van der Waals surface area contributed by atoms with Gasteiger partial charge in [0.1, 0.15) is 0 Å². The van der Waals surface area contributed by atoms with Gasteiger partial charge < -0.3 is 15.4 Å². The summed E-state index contributed by atoms with van der Waals surface area (Å²) in [5.41, 5.74) is 1.26. The summed E-state index contributed by atoms with van der Waals surface area (Å²) in [7, 11) is 2.08. The van der Waals surface area contributed by atoms with Crippen molar-refractivity contribution >= 4 is 12.0 Å². The van der Waals surface area contributed by atoms with Crippen LogP contribution < -0.4 is 10.6 Å². The third-order valence-corrected chi connectivity index (χ3v) is 5.00. The Labute approximate surface area is 145 Å². The number of esters is 1. The maximum Gasteiger partial charge on any atom is 0.337 e. The third-order valence-electron chi connectivity index (χ3n) is 5.00. The molecule has 1 fully saturated rings. The molecular formula is C18H31N3O3. The minimum absolute atomic E-state index is 0.237. The summed E-state index contributed by atoms with van der Waals surface area (Å²) in [5, 5.41) is 5.66. The summed E-state index contributed by atoms with van der Waals surface area (Å²) in [4.78, 5) is 26.6. The molecule has 1 atom stereocenters. The van der Waals surface area contributed by atoms with E-state index in [1.165, 1.54) is 38.5 Å². The number of nitrogens with one attached hydrogen (secondary N) is 2. The van der Waals surface area contributed by atoms with Crippen LogP contribution in [0.1, 0.15) is 58.8 Å². The van der Waals surface area contributed by atoms with Crippen LogP contribution in [0.25, 0.3) is 0 Å². The van der Waals surface area contributed by atoms with Crippen LogP contribution >= 0.6 is 0 Å². The van der Waals surface area contributed by atoms with Gasteiger partial charge in [0.25, 0.3) is 0 Å². The Morgan fingerprint density at radius 1 is 1.21 bits per heavy atom. The topological polar surface area (TPSA) is 70.7 Å². The Morgan fingerprint density at radius 3 is 2.46 bits per heavy atom. The molecule has 24 heavy (non-hydrogen) atoms. The minimum Gasteiger partial charge on any atom is -0.463 e. The molecule has 1 aliphatic carbocycles. The number of carbonyl (C=O) groups is 2. The van der Waals surface area contributed by atoms with E-state index in [1.54, 1.807) is 6.92 Å². The van der Waals surface area contributed by atoms with Crippen LogP contribution in [0.2, 0.25) is 0 Å². The second kappa shape index (κ2) is 9.06. The van der Waals surface area contributed by atoms with Gasteiger partial charge in [-0.25, -0.2) is 9.59 Å². The number of hydrogen-bond acceptors (Lipinski definition) is 4. The number of urea groups is 1. The number of hydrogen-bond donors (Lipinski definition) is 2. The number of ether oxygens (including phenoxy) is 1. The van der Waals surface area contributed by atoms with Crippen molar-refractivity contribution in [2.24, 2.45) is 0 Å². The van der Waals surface area contributed by atoms with Crippen molar-refractivity contribution in [2.45, 2.75) is 70.9 Å². The average molecular weight is 337 g/mol. The van der Waals surface area contributed by atoms with Gasteiger partial charge in [-0.15, -0.1) is 0 Å². The van der Waals surface area contributed by atoms with Crippen LogP contribution in [-0.2, 0) is 9.53 Å². The zero-order valence-corrected chi connectivity index (χ0v) is 15.2. The van der Waals surface area contributed by atoms with E-state index in [-0.39, 0.29) is 18.0 Å². The van der Waals surface area contributed by atoms with Gasteiger partial charge in [-0.05, 0) is 33.2 Å². The van der Waals surface area contributed by atoms with Crippen molar-refractivity contribution < 1.29 is 14.3 Å². The largest absolute Gasteiger partial charge is 0.463 e. The van der Waals surface area contributed by atoms with Crippen molar-refractivity contribution in [1.29, 1.82) is 0 Å². The molecule has 0 saturated heterocycles. The molecule has 1 aliphatic heterocycles. The first-order chi connectivity index (χ1) is 11.6. The first kappa shape index (κ1) is 18.8. The fourth-order valence-electron chi connectivity index (χ4n) is 3.66. The van der Waals surface area contributed by atoms with E-state index in [1.807, 2.05) is 6.92 Å². The molecule has 1 unspecified atom stereocenters. The highest BCUT2D eigenvalue weighted by Gasteiger charge is 2.32. The minimum atomic E-state index is -0.332. The SMILES string of the molecule is CCOC(=O)C1=C(CN(C)C2CCCCCC2)NC(=O)NC1CC. The summed E-state index contributed by atoms with van der Waals surface area (Å²) in [6, 6.07) is -0.00944. The van der Waals surface area contributed by atoms with Gasteiger partial charge in [0.15, 0.2) is 0 Å². The Morgan fingerprint density at radius 2 is 1.88 bits per heavy atom. The van der Waals surface area contributed by atoms with Crippen molar-refractivity contribution in [3.63, 3.8) is 0 Å². The van der Waals surface area contributed by atoms with E-state index < -0.39 is 0 Å². The fraction of sp³-hybridized carbons (Fsp3) is 0.778. The first-order valence-electron chi connectivity index (χ1n) is 9.24. The zero-order valence-electron chi connectivity index (χ0n) is 15.2. The van der Waals surface area contributed by atoms with Crippen LogP contribution in [0, 0.1) is 0 Å². The molecule has 0 radical (unpaired) electrons. The second-order valence-electron chi connectivity index (χ2n) is 6.73. The van der Waals surface area contributed by atoms with E-state index in [0.717, 1.165) is 0 Å². The predicted molar refractivity (Wildman–Crippen MR) is 93.5 cm³/mol. The normalized spacial score (nSPS) is 22.8. The van der Waals surface area contributed by atoms with Crippen LogP contribution in [0.4, 0.5) is 4.79 Å². The number of rotatable bonds is 6. The summed E-state index contributed by atoms with van der Waals surface area (Å²) >= 11 is 0. The maximum atomic E-state index is 12.4. The number of nitrogens with zero attached hydrogens (tertiary/aromatic N) is 1. The molecular weight excluding hydrogens is 306 g/mol. The molecule has 2 N–H and O–H groups in total. The van der Waals surface area contributed by atoms with Crippen LogP contribution in [0.3, 0.4) is 0 Å². The van der Waals surface area contributed by atoms with Gasteiger partial charge in [0.2, 0.25) is 0 Å². The lowest BCUT2D eigenvalue weighted by Crippen LogP contribution is -2.52. The highest BCUT2D eigenvalue weighted by Crippen LogP contribution is 2.23. The predicted octanol–water partition coefficient (Wildman–Crippen LogP) is 2.55. The lowest BCUT2D eigenvalue weighted by Gasteiger charge is -2.33. The lowest BCUT2D eigenvalue weighted by atomic mass is 9.99. The maximum absolute atomic E-state index is 12.4. The van der Waals surface area contributed by atoms with E-state index >= 15 is 0 Å². The molecule has 0 aromatic carbocycles. The molecule has 2 aliphatic rings. The molecule has 2 rings (SSSR count). The second-order valence-corrected chi connectivity index (χ2v) is 6.73. The van der Waals surface area contributed by atoms with Crippen molar-refractivity contribution in [3.8, 4) is 0 Å². The molecule has 6 heteroatoms. The van der Waals surface area contributed by atoms with Gasteiger partial charge in [0.05, 0.1) is 18.2 Å². The van der Waals surface area contributed by atoms with Gasteiger partial charge in [-0.3, -0.25) is 4.90 Å². The Kier molecular flexibility index (Phi) is 7.09. The zero-order chi connectivity index (χ0) is 17.5. The summed E-state index contributed by atoms with van der Waals surface area (Å²) in [5.74, 6) is -0.332. The molecule has 0 aromatic heterocycles. The number of likely N-dealkylation sites (N-methyl/N-ethyl adjacent to an activating group) is 1. The smallest absolute Gasteiger partial charge is 0.337 e. The Bertz CT molecular complexity index is 482. The third kappa shape index (κ3) is 4.72. The van der Waals surface area contributed by atoms with E-state index in [2.05, 4.69) is 22.6 Å². The highest BCUT2D eigenvalue weighted by atomic mass is 16.5. The van der Waals surface area contributed by atoms with Crippen molar-refractivity contribution in [2.75, 3.05) is 20.2 Å². The summed E-state index contributed by atoms with van der Waals surface area (Å²) in [6.45, 7) is 4.66. The highest BCUT2D eigenvalue weighted by molar-refractivity contribution is 5.94. The van der Waals surface area contributed by atoms with Crippen LogP contribution in [0.5, 0.6) is 0 Å². The first-order valence-corrected chi connectivity index (χ1v) is 9.24. The number of amides is 2. The standard InChI is InChI=1S/C18H31N3O3/c1-4-14-16(17(22)24-5-2)15(20-18(23)19-14)12-21(3)13-10-8-6-7-9-11-13/h13-14H,4-12H2,1-3H3,(H2,19,20,23). The average Bonchev–Trinajstić information content (AvgIpc) is 2.83. The van der Waals surface area contributed by atoms with Gasteiger partial charge in [-0.2, -0.15) is 0 Å².